The molecular formula is C11H16ClNO2. The molecule has 3 N–H and O–H groups in total. The number of methoxy groups -OCH3 is 1. The van der Waals surface area contributed by atoms with Gasteiger partial charge in [-0.2, -0.15) is 0 Å². The molecule has 84 valence electrons. The molecule has 0 aliphatic rings. The van der Waals surface area contributed by atoms with Crippen LogP contribution in [0, 0.1) is 6.92 Å². The fourth-order valence-electron chi connectivity index (χ4n) is 1.43. The van der Waals surface area contributed by atoms with E-state index < -0.39 is 0 Å². The molecule has 1 aromatic carbocycles. The van der Waals surface area contributed by atoms with E-state index in [9.17, 15) is 0 Å². The van der Waals surface area contributed by atoms with Crippen LogP contribution in [0.3, 0.4) is 0 Å². The third-order valence-corrected chi connectivity index (χ3v) is 2.82. The first-order valence-electron chi connectivity index (χ1n) is 4.80. The second-order valence-electron chi connectivity index (χ2n) is 3.47. The number of aryl methyl sites for hydroxylation is 1. The average molecular weight is 230 g/mol. The van der Waals surface area contributed by atoms with E-state index in [4.69, 9.17) is 27.2 Å². The highest BCUT2D eigenvalue weighted by atomic mass is 35.5. The van der Waals surface area contributed by atoms with Gasteiger partial charge in [0.2, 0.25) is 0 Å². The Bertz CT molecular complexity index is 342. The van der Waals surface area contributed by atoms with Crippen molar-refractivity contribution in [2.75, 3.05) is 13.7 Å². The molecule has 1 atom stereocenters. The first-order chi connectivity index (χ1) is 7.10. The zero-order chi connectivity index (χ0) is 11.4. The van der Waals surface area contributed by atoms with Crippen molar-refractivity contribution < 1.29 is 9.84 Å². The lowest BCUT2D eigenvalue weighted by atomic mass is 10.0. The largest absolute Gasteiger partial charge is 0.495 e. The zero-order valence-corrected chi connectivity index (χ0v) is 9.71. The smallest absolute Gasteiger partial charge is 0.138 e. The summed E-state index contributed by atoms with van der Waals surface area (Å²) in [5, 5.41) is 9.42. The van der Waals surface area contributed by atoms with Crippen molar-refractivity contribution >= 4 is 11.6 Å². The van der Waals surface area contributed by atoms with Crippen LogP contribution in [0.4, 0.5) is 0 Å². The molecule has 0 saturated heterocycles. The SMILES string of the molecule is COc1cc(C(N)CCO)cc(C)c1Cl. The summed E-state index contributed by atoms with van der Waals surface area (Å²) in [6.07, 6.45) is 0.532. The van der Waals surface area contributed by atoms with Crippen molar-refractivity contribution in [3.05, 3.63) is 28.3 Å². The van der Waals surface area contributed by atoms with E-state index in [0.717, 1.165) is 11.1 Å². The first kappa shape index (κ1) is 12.3. The molecular weight excluding hydrogens is 214 g/mol. The van der Waals surface area contributed by atoms with E-state index in [2.05, 4.69) is 0 Å². The van der Waals surface area contributed by atoms with Gasteiger partial charge in [-0.15, -0.1) is 0 Å². The predicted molar refractivity (Wildman–Crippen MR) is 61.4 cm³/mol. The van der Waals surface area contributed by atoms with Crippen molar-refractivity contribution in [3.8, 4) is 5.75 Å². The fourth-order valence-corrected chi connectivity index (χ4v) is 1.62. The number of halogens is 1. The second-order valence-corrected chi connectivity index (χ2v) is 3.85. The molecule has 0 radical (unpaired) electrons. The van der Waals surface area contributed by atoms with Crippen molar-refractivity contribution in [2.24, 2.45) is 5.73 Å². The predicted octanol–water partition coefficient (Wildman–Crippen LogP) is 2.04. The number of hydrogen-bond donors (Lipinski definition) is 2. The van der Waals surface area contributed by atoms with Gasteiger partial charge in [0.25, 0.3) is 0 Å². The maximum Gasteiger partial charge on any atom is 0.138 e. The minimum Gasteiger partial charge on any atom is -0.495 e. The maximum absolute atomic E-state index is 8.81. The lowest BCUT2D eigenvalue weighted by molar-refractivity contribution is 0.276. The summed E-state index contributed by atoms with van der Waals surface area (Å²) in [6.45, 7) is 1.98. The molecule has 1 unspecified atom stereocenters. The lowest BCUT2D eigenvalue weighted by Gasteiger charge is -2.14. The van der Waals surface area contributed by atoms with Crippen molar-refractivity contribution in [2.45, 2.75) is 19.4 Å². The molecule has 0 aromatic heterocycles. The van der Waals surface area contributed by atoms with E-state index in [0.29, 0.717) is 17.2 Å². The lowest BCUT2D eigenvalue weighted by Crippen LogP contribution is -2.12. The number of rotatable bonds is 4. The van der Waals surface area contributed by atoms with Gasteiger partial charge in [-0.1, -0.05) is 17.7 Å². The van der Waals surface area contributed by atoms with Crippen LogP contribution >= 0.6 is 11.6 Å². The summed E-state index contributed by atoms with van der Waals surface area (Å²) in [5.41, 5.74) is 7.75. The normalized spacial score (nSPS) is 12.6. The van der Waals surface area contributed by atoms with Gasteiger partial charge in [-0.3, -0.25) is 0 Å². The van der Waals surface area contributed by atoms with Crippen LogP contribution in [0.25, 0.3) is 0 Å². The quantitative estimate of drug-likeness (QED) is 0.831. The summed E-state index contributed by atoms with van der Waals surface area (Å²) in [5.74, 6) is 0.625. The van der Waals surface area contributed by atoms with Gasteiger partial charge in [0.1, 0.15) is 5.75 Å². The molecule has 0 aliphatic carbocycles. The fraction of sp³-hybridized carbons (Fsp3) is 0.455. The Morgan fingerprint density at radius 1 is 1.53 bits per heavy atom. The summed E-state index contributed by atoms with van der Waals surface area (Å²) in [6, 6.07) is 3.56. The number of nitrogens with two attached hydrogens (primary N) is 1. The van der Waals surface area contributed by atoms with E-state index >= 15 is 0 Å². The van der Waals surface area contributed by atoms with Gasteiger partial charge in [-0.25, -0.2) is 0 Å². The Balaban J connectivity index is 3.05. The minimum atomic E-state index is -0.181. The molecule has 1 rings (SSSR count). The molecule has 0 spiro atoms. The Labute approximate surface area is 94.8 Å². The number of benzene rings is 1. The Kier molecular flexibility index (Phi) is 4.39. The van der Waals surface area contributed by atoms with Gasteiger partial charge >= 0.3 is 0 Å². The molecule has 0 bridgehead atoms. The topological polar surface area (TPSA) is 55.5 Å². The number of aliphatic hydroxyl groups excluding tert-OH is 1. The summed E-state index contributed by atoms with van der Waals surface area (Å²) in [7, 11) is 1.57. The van der Waals surface area contributed by atoms with Crippen molar-refractivity contribution in [3.63, 3.8) is 0 Å². The van der Waals surface area contributed by atoms with Crippen LogP contribution in [0.5, 0.6) is 5.75 Å². The van der Waals surface area contributed by atoms with Gasteiger partial charge < -0.3 is 15.6 Å². The van der Waals surface area contributed by atoms with Crippen LogP contribution in [0.1, 0.15) is 23.6 Å². The van der Waals surface area contributed by atoms with E-state index in [1.165, 1.54) is 0 Å². The molecule has 0 aliphatic heterocycles. The number of aliphatic hydroxyl groups is 1. The maximum atomic E-state index is 8.81. The molecule has 4 heteroatoms. The number of ether oxygens (including phenoxy) is 1. The highest BCUT2D eigenvalue weighted by Gasteiger charge is 2.11. The highest BCUT2D eigenvalue weighted by molar-refractivity contribution is 6.32. The monoisotopic (exact) mass is 229 g/mol. The zero-order valence-electron chi connectivity index (χ0n) is 8.96. The van der Waals surface area contributed by atoms with Crippen LogP contribution in [0.15, 0.2) is 12.1 Å². The molecule has 0 amide bonds. The molecule has 15 heavy (non-hydrogen) atoms. The summed E-state index contributed by atoms with van der Waals surface area (Å²) >= 11 is 6.03. The molecule has 0 saturated carbocycles. The Morgan fingerprint density at radius 3 is 2.73 bits per heavy atom. The van der Waals surface area contributed by atoms with Gasteiger partial charge in [0.05, 0.1) is 12.1 Å². The van der Waals surface area contributed by atoms with Crippen molar-refractivity contribution in [1.82, 2.24) is 0 Å². The van der Waals surface area contributed by atoms with E-state index in [-0.39, 0.29) is 12.6 Å². The average Bonchev–Trinajstić information content (AvgIpc) is 2.22. The highest BCUT2D eigenvalue weighted by Crippen LogP contribution is 2.31. The van der Waals surface area contributed by atoms with Gasteiger partial charge in [0, 0.05) is 12.6 Å². The molecule has 0 fully saturated rings. The van der Waals surface area contributed by atoms with Crippen molar-refractivity contribution in [1.29, 1.82) is 0 Å². The van der Waals surface area contributed by atoms with Gasteiger partial charge in [-0.05, 0) is 30.5 Å². The third kappa shape index (κ3) is 2.84. The third-order valence-electron chi connectivity index (χ3n) is 2.33. The molecule has 0 heterocycles. The minimum absolute atomic E-state index is 0.0746. The van der Waals surface area contributed by atoms with E-state index in [1.54, 1.807) is 7.11 Å². The summed E-state index contributed by atoms with van der Waals surface area (Å²) in [4.78, 5) is 0. The van der Waals surface area contributed by atoms with Crippen LogP contribution < -0.4 is 10.5 Å². The number of hydrogen-bond acceptors (Lipinski definition) is 3. The first-order valence-corrected chi connectivity index (χ1v) is 5.18. The Hall–Kier alpha value is -0.770. The van der Waals surface area contributed by atoms with Crippen LogP contribution in [0.2, 0.25) is 5.02 Å². The summed E-state index contributed by atoms with van der Waals surface area (Å²) < 4.78 is 5.14. The Morgan fingerprint density at radius 2 is 2.20 bits per heavy atom. The molecule has 3 nitrogen and oxygen atoms in total. The second kappa shape index (κ2) is 5.35. The van der Waals surface area contributed by atoms with Gasteiger partial charge in [0.15, 0.2) is 0 Å². The van der Waals surface area contributed by atoms with E-state index in [1.807, 2.05) is 19.1 Å². The molecule has 1 aromatic rings. The van der Waals surface area contributed by atoms with Crippen LogP contribution in [-0.4, -0.2) is 18.8 Å². The van der Waals surface area contributed by atoms with Crippen LogP contribution in [-0.2, 0) is 0 Å². The standard InChI is InChI=1S/C11H16ClNO2/c1-7-5-8(9(13)3-4-14)6-10(15-2)11(7)12/h5-6,9,14H,3-4,13H2,1-2H3.